The topological polar surface area (TPSA) is 112 Å². The van der Waals surface area contributed by atoms with Gasteiger partial charge >= 0.3 is 5.97 Å². The van der Waals surface area contributed by atoms with E-state index < -0.39 is 5.97 Å². The number of aromatic nitrogens is 1. The van der Waals surface area contributed by atoms with Crippen LogP contribution < -0.4 is 10.6 Å². The van der Waals surface area contributed by atoms with Crippen molar-refractivity contribution in [1.82, 2.24) is 15.2 Å². The Morgan fingerprint density at radius 3 is 2.68 bits per heavy atom. The summed E-state index contributed by atoms with van der Waals surface area (Å²) in [5.74, 6) is -0.656. The highest BCUT2D eigenvalue weighted by atomic mass is 32.1. The van der Waals surface area contributed by atoms with Crippen LogP contribution in [0.2, 0.25) is 0 Å². The lowest BCUT2D eigenvalue weighted by molar-refractivity contribution is -0.139. The summed E-state index contributed by atoms with van der Waals surface area (Å²) in [6.07, 6.45) is 3.88. The first kappa shape index (κ1) is 17.8. The molecule has 0 radical (unpaired) electrons. The number of rotatable bonds is 8. The van der Waals surface area contributed by atoms with Gasteiger partial charge in [0.25, 0.3) is 5.91 Å². The minimum absolute atomic E-state index is 0.0407. The second-order valence-electron chi connectivity index (χ2n) is 6.78. The van der Waals surface area contributed by atoms with Gasteiger partial charge < -0.3 is 15.7 Å². The summed E-state index contributed by atoms with van der Waals surface area (Å²) in [5, 5.41) is 16.6. The van der Waals surface area contributed by atoms with Crippen molar-refractivity contribution in [3.63, 3.8) is 0 Å². The molecule has 0 unspecified atom stereocenters. The van der Waals surface area contributed by atoms with Crippen LogP contribution in [-0.2, 0) is 9.59 Å². The lowest BCUT2D eigenvalue weighted by Crippen LogP contribution is -2.55. The number of carbonyl (C=O) groups excluding carboxylic acids is 2. The van der Waals surface area contributed by atoms with Crippen molar-refractivity contribution in [3.8, 4) is 0 Å². The molecule has 2 amide bonds. The summed E-state index contributed by atoms with van der Waals surface area (Å²) < 4.78 is 0. The monoisotopic (exact) mass is 366 g/mol. The van der Waals surface area contributed by atoms with Crippen molar-refractivity contribution in [2.75, 3.05) is 18.4 Å². The molecule has 3 rings (SSSR count). The third-order valence-electron chi connectivity index (χ3n) is 4.51. The van der Waals surface area contributed by atoms with Crippen LogP contribution in [0.25, 0.3) is 0 Å². The predicted molar refractivity (Wildman–Crippen MR) is 92.6 cm³/mol. The zero-order chi connectivity index (χ0) is 18.0. The lowest BCUT2D eigenvalue weighted by atomic mass is 9.85. The summed E-state index contributed by atoms with van der Waals surface area (Å²) in [7, 11) is 0. The molecule has 2 aliphatic rings. The summed E-state index contributed by atoms with van der Waals surface area (Å²) in [6.45, 7) is 2.29. The molecule has 0 bridgehead atoms. The van der Waals surface area contributed by atoms with Crippen molar-refractivity contribution in [1.29, 1.82) is 0 Å². The summed E-state index contributed by atoms with van der Waals surface area (Å²) in [4.78, 5) is 40.3. The van der Waals surface area contributed by atoms with Crippen molar-refractivity contribution >= 4 is 34.3 Å². The van der Waals surface area contributed by atoms with Gasteiger partial charge in [-0.2, -0.15) is 0 Å². The third-order valence-corrected chi connectivity index (χ3v) is 5.27. The van der Waals surface area contributed by atoms with Gasteiger partial charge in [-0.1, -0.05) is 0 Å². The van der Waals surface area contributed by atoms with Crippen LogP contribution in [-0.4, -0.2) is 57.9 Å². The van der Waals surface area contributed by atoms with Crippen LogP contribution in [0, 0.1) is 5.92 Å². The van der Waals surface area contributed by atoms with Gasteiger partial charge in [0, 0.05) is 30.9 Å². The molecule has 2 fully saturated rings. The van der Waals surface area contributed by atoms with Crippen molar-refractivity contribution < 1.29 is 19.5 Å². The summed E-state index contributed by atoms with van der Waals surface area (Å²) in [6, 6.07) is 0.256. The normalized spacial score (nSPS) is 22.3. The number of nitrogens with one attached hydrogen (secondary N) is 2. The van der Waals surface area contributed by atoms with Gasteiger partial charge in [-0.25, -0.2) is 4.98 Å². The smallest absolute Gasteiger partial charge is 0.317 e. The van der Waals surface area contributed by atoms with Gasteiger partial charge in [0.2, 0.25) is 5.91 Å². The molecule has 9 heteroatoms. The Morgan fingerprint density at radius 2 is 2.08 bits per heavy atom. The Kier molecular flexibility index (Phi) is 5.33. The molecule has 0 spiro atoms. The van der Waals surface area contributed by atoms with Crippen LogP contribution in [0.15, 0.2) is 5.38 Å². The van der Waals surface area contributed by atoms with E-state index in [-0.39, 0.29) is 36.1 Å². The summed E-state index contributed by atoms with van der Waals surface area (Å²) in [5.41, 5.74) is 0.289. The number of amides is 2. The number of nitrogens with zero attached hydrogens (tertiary/aromatic N) is 2. The zero-order valence-electron chi connectivity index (χ0n) is 14.0. The molecule has 3 N–H and O–H groups in total. The van der Waals surface area contributed by atoms with Crippen molar-refractivity contribution in [3.05, 3.63) is 11.1 Å². The van der Waals surface area contributed by atoms with E-state index >= 15 is 0 Å². The van der Waals surface area contributed by atoms with Crippen LogP contribution in [0.5, 0.6) is 0 Å². The Bertz CT molecular complexity index is 667. The van der Waals surface area contributed by atoms with Crippen molar-refractivity contribution in [2.24, 2.45) is 5.92 Å². The van der Waals surface area contributed by atoms with Gasteiger partial charge in [-0.3, -0.25) is 19.3 Å². The Labute approximate surface area is 149 Å². The first-order valence-electron chi connectivity index (χ1n) is 8.40. The van der Waals surface area contributed by atoms with Gasteiger partial charge in [0.1, 0.15) is 5.69 Å². The lowest BCUT2D eigenvalue weighted by Gasteiger charge is -2.42. The molecule has 1 aromatic heterocycles. The SMILES string of the molecule is CC(=O)Nc1nc(C(=O)NC2CC(N(CC(=O)O)CC3CC3)C2)cs1. The van der Waals surface area contributed by atoms with Crippen LogP contribution >= 0.6 is 11.3 Å². The van der Waals surface area contributed by atoms with E-state index in [9.17, 15) is 14.4 Å². The van der Waals surface area contributed by atoms with Gasteiger partial charge in [-0.15, -0.1) is 11.3 Å². The molecule has 1 aromatic rings. The molecule has 25 heavy (non-hydrogen) atoms. The van der Waals surface area contributed by atoms with E-state index in [4.69, 9.17) is 5.11 Å². The standard InChI is InChI=1S/C16H22N4O4S/c1-9(21)17-16-19-13(8-25-16)15(24)18-11-4-12(5-11)20(7-14(22)23)6-10-2-3-10/h8,10-12H,2-7H2,1H3,(H,18,24)(H,22,23)(H,17,19,21). The summed E-state index contributed by atoms with van der Waals surface area (Å²) >= 11 is 1.21. The highest BCUT2D eigenvalue weighted by Crippen LogP contribution is 2.33. The number of hydrogen-bond acceptors (Lipinski definition) is 6. The molecule has 1 heterocycles. The van der Waals surface area contributed by atoms with E-state index in [0.717, 1.165) is 19.4 Å². The molecule has 0 saturated heterocycles. The van der Waals surface area contributed by atoms with E-state index in [1.807, 2.05) is 4.90 Å². The fourth-order valence-electron chi connectivity index (χ4n) is 3.00. The second kappa shape index (κ2) is 7.49. The number of carbonyl (C=O) groups is 3. The fourth-order valence-corrected chi connectivity index (χ4v) is 3.73. The minimum atomic E-state index is -0.805. The Balaban J connectivity index is 1.46. The maximum absolute atomic E-state index is 12.2. The second-order valence-corrected chi connectivity index (χ2v) is 7.64. The first-order chi connectivity index (χ1) is 11.9. The van der Waals surface area contributed by atoms with Gasteiger partial charge in [0.15, 0.2) is 5.13 Å². The average molecular weight is 366 g/mol. The van der Waals surface area contributed by atoms with E-state index in [2.05, 4.69) is 15.6 Å². The Hall–Kier alpha value is -2.00. The molecule has 2 aliphatic carbocycles. The van der Waals surface area contributed by atoms with Gasteiger partial charge in [0.05, 0.1) is 6.54 Å². The minimum Gasteiger partial charge on any atom is -0.480 e. The molecule has 8 nitrogen and oxygen atoms in total. The first-order valence-corrected chi connectivity index (χ1v) is 9.28. The molecule has 0 atom stereocenters. The predicted octanol–water partition coefficient (Wildman–Crippen LogP) is 1.16. The number of anilines is 1. The van der Waals surface area contributed by atoms with E-state index in [0.29, 0.717) is 11.0 Å². The molecule has 136 valence electrons. The van der Waals surface area contributed by atoms with E-state index in [1.54, 1.807) is 5.38 Å². The van der Waals surface area contributed by atoms with Gasteiger partial charge in [-0.05, 0) is 31.6 Å². The highest BCUT2D eigenvalue weighted by molar-refractivity contribution is 7.14. The zero-order valence-corrected chi connectivity index (χ0v) is 14.8. The Morgan fingerprint density at radius 1 is 1.36 bits per heavy atom. The fraction of sp³-hybridized carbons (Fsp3) is 0.625. The third kappa shape index (κ3) is 4.99. The van der Waals surface area contributed by atoms with Crippen molar-refractivity contribution in [2.45, 2.75) is 44.7 Å². The van der Waals surface area contributed by atoms with E-state index in [1.165, 1.54) is 31.1 Å². The number of hydrogen-bond donors (Lipinski definition) is 3. The average Bonchev–Trinajstić information content (AvgIpc) is 3.17. The number of aliphatic carboxylic acids is 1. The van der Waals surface area contributed by atoms with Crippen LogP contribution in [0.4, 0.5) is 5.13 Å². The largest absolute Gasteiger partial charge is 0.480 e. The van der Waals surface area contributed by atoms with Crippen LogP contribution in [0.1, 0.15) is 43.1 Å². The maximum atomic E-state index is 12.2. The quantitative estimate of drug-likeness (QED) is 0.636. The molecular formula is C16H22N4O4S. The van der Waals surface area contributed by atoms with Crippen LogP contribution in [0.3, 0.4) is 0 Å². The number of carboxylic acids is 1. The number of thiazole rings is 1. The molecule has 2 saturated carbocycles. The maximum Gasteiger partial charge on any atom is 0.317 e. The highest BCUT2D eigenvalue weighted by Gasteiger charge is 2.38. The number of carboxylic acid groups (broad SMARTS) is 1. The molecular weight excluding hydrogens is 344 g/mol. The molecule has 0 aliphatic heterocycles. The molecule has 0 aromatic carbocycles.